The largest absolute Gasteiger partial charge is 0.469 e. The van der Waals surface area contributed by atoms with Crippen molar-refractivity contribution in [2.24, 2.45) is 0 Å². The number of imidazole rings is 1. The number of hydrogen-bond donors (Lipinski definition) is 1. The maximum absolute atomic E-state index is 12.7. The fraction of sp³-hybridized carbons (Fsp3) is 0.500. The quantitative estimate of drug-likeness (QED) is 0.867. The topological polar surface area (TPSA) is 89.6 Å². The van der Waals surface area contributed by atoms with Gasteiger partial charge in [0.2, 0.25) is 0 Å². The van der Waals surface area contributed by atoms with Crippen molar-refractivity contribution in [2.45, 2.75) is 38.0 Å². The van der Waals surface area contributed by atoms with Gasteiger partial charge >= 0.3 is 0 Å². The number of carbonyl (C=O) groups excluding carboxylic acids is 2. The van der Waals surface area contributed by atoms with E-state index in [0.717, 1.165) is 5.82 Å². The second-order valence-electron chi connectivity index (χ2n) is 6.80. The molecule has 1 spiro atoms. The summed E-state index contributed by atoms with van der Waals surface area (Å²) < 4.78 is 13.5. The van der Waals surface area contributed by atoms with Gasteiger partial charge in [-0.25, -0.2) is 4.98 Å². The maximum atomic E-state index is 12.7. The fourth-order valence-corrected chi connectivity index (χ4v) is 3.88. The van der Waals surface area contributed by atoms with Crippen molar-refractivity contribution in [3.8, 4) is 0 Å². The Labute approximate surface area is 151 Å². The lowest BCUT2D eigenvalue weighted by Crippen LogP contribution is -2.54. The predicted octanol–water partition coefficient (Wildman–Crippen LogP) is 1.06. The van der Waals surface area contributed by atoms with E-state index >= 15 is 0 Å². The summed E-state index contributed by atoms with van der Waals surface area (Å²) >= 11 is 0. The number of hydrogen-bond acceptors (Lipinski definition) is 5. The van der Waals surface area contributed by atoms with Crippen molar-refractivity contribution in [1.29, 1.82) is 0 Å². The number of nitrogens with zero attached hydrogens (tertiary/aromatic N) is 3. The number of likely N-dealkylation sites (N-methyl/N-ethyl adjacent to an activating group) is 1. The molecule has 1 N–H and O–H groups in total. The summed E-state index contributed by atoms with van der Waals surface area (Å²) in [4.78, 5) is 31.1. The molecule has 0 bridgehead atoms. The van der Waals surface area contributed by atoms with E-state index in [0.29, 0.717) is 43.8 Å². The Morgan fingerprint density at radius 3 is 2.77 bits per heavy atom. The molecule has 0 saturated carbocycles. The lowest BCUT2D eigenvalue weighted by Gasteiger charge is -2.45. The highest BCUT2D eigenvalue weighted by molar-refractivity contribution is 5.95. The minimum Gasteiger partial charge on any atom is -0.469 e. The highest BCUT2D eigenvalue weighted by Crippen LogP contribution is 2.40. The fourth-order valence-electron chi connectivity index (χ4n) is 3.88. The molecule has 2 aliphatic rings. The number of likely N-dealkylation sites (tertiary alicyclic amines) is 1. The number of ether oxygens (including phenoxy) is 1. The van der Waals surface area contributed by atoms with E-state index in [9.17, 15) is 9.59 Å². The minimum absolute atomic E-state index is 0.0342. The number of nitrogens with one attached hydrogen (secondary N) is 1. The zero-order valence-corrected chi connectivity index (χ0v) is 14.9. The van der Waals surface area contributed by atoms with Crippen LogP contribution in [-0.4, -0.2) is 52.5 Å². The predicted molar refractivity (Wildman–Crippen MR) is 91.4 cm³/mol. The van der Waals surface area contributed by atoms with Gasteiger partial charge in [-0.05, 0) is 13.0 Å². The zero-order chi connectivity index (χ0) is 18.3. The molecule has 2 aromatic heterocycles. The molecule has 0 aromatic carbocycles. The summed E-state index contributed by atoms with van der Waals surface area (Å²) in [7, 11) is 1.61. The van der Waals surface area contributed by atoms with Crippen LogP contribution < -0.4 is 5.32 Å². The Morgan fingerprint density at radius 2 is 2.12 bits per heavy atom. The molecule has 8 heteroatoms. The van der Waals surface area contributed by atoms with Gasteiger partial charge in [-0.1, -0.05) is 0 Å². The maximum Gasteiger partial charge on any atom is 0.257 e. The third-order valence-corrected chi connectivity index (χ3v) is 5.34. The van der Waals surface area contributed by atoms with E-state index < -0.39 is 11.7 Å². The van der Waals surface area contributed by atoms with Crippen LogP contribution in [0.2, 0.25) is 0 Å². The van der Waals surface area contributed by atoms with Crippen molar-refractivity contribution in [3.63, 3.8) is 0 Å². The molecule has 8 nitrogen and oxygen atoms in total. The molecule has 0 aliphatic carbocycles. The van der Waals surface area contributed by atoms with Gasteiger partial charge in [0, 0.05) is 45.4 Å². The van der Waals surface area contributed by atoms with Gasteiger partial charge in [0.25, 0.3) is 11.8 Å². The summed E-state index contributed by atoms with van der Waals surface area (Å²) in [5.74, 6) is 1.29. The number of aryl methyl sites for hydroxylation is 1. The molecule has 2 amide bonds. The standard InChI is InChI=1S/C18H22N4O4/c1-12-13(3-10-25-12)16(24)21-7-4-18(5-8-21)17-20-6-9-22(17)11-14(26-18)15(23)19-2/h3,6,9-10,14H,4-5,7-8,11H2,1-2H3,(H,19,23)/t14-/m1/s1. The zero-order valence-electron chi connectivity index (χ0n) is 14.9. The van der Waals surface area contributed by atoms with Gasteiger partial charge in [-0.2, -0.15) is 0 Å². The van der Waals surface area contributed by atoms with Crippen LogP contribution in [0.15, 0.2) is 29.1 Å². The van der Waals surface area contributed by atoms with E-state index in [2.05, 4.69) is 10.3 Å². The first kappa shape index (κ1) is 16.8. The third kappa shape index (κ3) is 2.61. The molecule has 1 atom stereocenters. The number of fused-ring (bicyclic) bond motifs is 2. The summed E-state index contributed by atoms with van der Waals surface area (Å²) in [5.41, 5.74) is -0.0449. The summed E-state index contributed by atoms with van der Waals surface area (Å²) in [6.07, 6.45) is 5.78. The Kier molecular flexibility index (Phi) is 4.07. The summed E-state index contributed by atoms with van der Waals surface area (Å²) in [6.45, 7) is 3.31. The molecule has 138 valence electrons. The molecule has 1 fully saturated rings. The molecule has 4 rings (SSSR count). The van der Waals surface area contributed by atoms with E-state index in [4.69, 9.17) is 9.15 Å². The normalized spacial score (nSPS) is 21.5. The first-order valence-electron chi connectivity index (χ1n) is 8.78. The van der Waals surface area contributed by atoms with Crippen molar-refractivity contribution in [3.05, 3.63) is 41.9 Å². The Balaban J connectivity index is 1.55. The average Bonchev–Trinajstić information content (AvgIpc) is 3.30. The summed E-state index contributed by atoms with van der Waals surface area (Å²) in [5, 5.41) is 2.66. The second kappa shape index (κ2) is 6.28. The van der Waals surface area contributed by atoms with Crippen molar-refractivity contribution < 1.29 is 18.7 Å². The lowest BCUT2D eigenvalue weighted by atomic mass is 9.88. The van der Waals surface area contributed by atoms with Crippen LogP contribution >= 0.6 is 0 Å². The minimum atomic E-state index is -0.638. The Morgan fingerprint density at radius 1 is 1.35 bits per heavy atom. The van der Waals surface area contributed by atoms with Crippen LogP contribution in [0.4, 0.5) is 0 Å². The van der Waals surface area contributed by atoms with Gasteiger partial charge in [0.1, 0.15) is 17.2 Å². The first-order valence-corrected chi connectivity index (χ1v) is 8.78. The molecule has 0 unspecified atom stereocenters. The van der Waals surface area contributed by atoms with Crippen molar-refractivity contribution in [1.82, 2.24) is 19.8 Å². The molecule has 2 aliphatic heterocycles. The SMILES string of the molecule is CNC(=O)[C@H]1Cn2ccnc2C2(CCN(C(=O)c3ccoc3C)CC2)O1. The first-order chi connectivity index (χ1) is 12.5. The molecule has 0 radical (unpaired) electrons. The highest BCUT2D eigenvalue weighted by Gasteiger charge is 2.47. The smallest absolute Gasteiger partial charge is 0.257 e. The Hall–Kier alpha value is -2.61. The van der Waals surface area contributed by atoms with Crippen LogP contribution in [-0.2, 0) is 21.7 Å². The number of amides is 2. The van der Waals surface area contributed by atoms with Gasteiger partial charge in [0.05, 0.1) is 18.4 Å². The van der Waals surface area contributed by atoms with E-state index in [1.54, 1.807) is 26.2 Å². The van der Waals surface area contributed by atoms with E-state index in [-0.39, 0.29) is 11.8 Å². The molecule has 1 saturated heterocycles. The number of aromatic nitrogens is 2. The monoisotopic (exact) mass is 358 g/mol. The van der Waals surface area contributed by atoms with Gasteiger partial charge in [-0.3, -0.25) is 9.59 Å². The molecular formula is C18H22N4O4. The van der Waals surface area contributed by atoms with Crippen molar-refractivity contribution in [2.75, 3.05) is 20.1 Å². The van der Waals surface area contributed by atoms with Crippen LogP contribution in [0.3, 0.4) is 0 Å². The molecule has 2 aromatic rings. The van der Waals surface area contributed by atoms with Crippen molar-refractivity contribution >= 4 is 11.8 Å². The summed E-state index contributed by atoms with van der Waals surface area (Å²) in [6, 6.07) is 1.70. The van der Waals surface area contributed by atoms with E-state index in [1.165, 1.54) is 6.26 Å². The molecular weight excluding hydrogens is 336 g/mol. The Bertz CT molecular complexity index is 832. The van der Waals surface area contributed by atoms with Crippen LogP contribution in [0, 0.1) is 6.92 Å². The third-order valence-electron chi connectivity index (χ3n) is 5.34. The second-order valence-corrected chi connectivity index (χ2v) is 6.80. The van der Waals surface area contributed by atoms with E-state index in [1.807, 2.05) is 15.7 Å². The van der Waals surface area contributed by atoms with Crippen LogP contribution in [0.5, 0.6) is 0 Å². The lowest BCUT2D eigenvalue weighted by molar-refractivity contribution is -0.171. The van der Waals surface area contributed by atoms with Gasteiger partial charge in [0.15, 0.2) is 6.10 Å². The number of piperidine rings is 1. The van der Waals surface area contributed by atoms with Crippen LogP contribution in [0.25, 0.3) is 0 Å². The number of rotatable bonds is 2. The highest BCUT2D eigenvalue weighted by atomic mass is 16.5. The van der Waals surface area contributed by atoms with Gasteiger partial charge < -0.3 is 23.9 Å². The number of furan rings is 1. The molecule has 4 heterocycles. The van der Waals surface area contributed by atoms with Gasteiger partial charge in [-0.15, -0.1) is 0 Å². The molecule has 26 heavy (non-hydrogen) atoms. The average molecular weight is 358 g/mol. The number of carbonyl (C=O) groups is 2. The van der Waals surface area contributed by atoms with Crippen LogP contribution in [0.1, 0.15) is 34.8 Å².